The molecule has 2 amide bonds. The Balaban J connectivity index is 1.38. The molecule has 2 aromatic rings. The van der Waals surface area contributed by atoms with Crippen LogP contribution < -0.4 is 10.6 Å². The highest BCUT2D eigenvalue weighted by Gasteiger charge is 2.36. The van der Waals surface area contributed by atoms with Crippen molar-refractivity contribution < 1.29 is 29.0 Å². The second-order valence-corrected chi connectivity index (χ2v) is 8.03. The molecule has 4 rings (SSSR count). The average molecular weight is 448 g/mol. The largest absolute Gasteiger partial charge is 0.481 e. The molecule has 3 atom stereocenters. The lowest BCUT2D eigenvalue weighted by Crippen LogP contribution is -2.52. The zero-order chi connectivity index (χ0) is 23.4. The van der Waals surface area contributed by atoms with E-state index in [4.69, 9.17) is 15.9 Å². The summed E-state index contributed by atoms with van der Waals surface area (Å²) < 4.78 is 10.6. The van der Waals surface area contributed by atoms with Crippen LogP contribution in [-0.4, -0.2) is 55.0 Å². The van der Waals surface area contributed by atoms with Gasteiger partial charge in [-0.2, -0.15) is 0 Å². The number of benzene rings is 2. The molecule has 0 radical (unpaired) electrons. The van der Waals surface area contributed by atoms with Crippen LogP contribution in [0.1, 0.15) is 23.5 Å². The summed E-state index contributed by atoms with van der Waals surface area (Å²) in [4.78, 5) is 36.5. The first-order valence-corrected chi connectivity index (χ1v) is 10.7. The quantitative estimate of drug-likeness (QED) is 0.559. The highest BCUT2D eigenvalue weighted by molar-refractivity contribution is 5.87. The van der Waals surface area contributed by atoms with Gasteiger partial charge in [-0.25, -0.2) is 4.79 Å². The molecule has 33 heavy (non-hydrogen) atoms. The maximum Gasteiger partial charge on any atom is 0.407 e. The lowest BCUT2D eigenvalue weighted by atomic mass is 9.98. The van der Waals surface area contributed by atoms with E-state index >= 15 is 0 Å². The monoisotopic (exact) mass is 448 g/mol. The molecule has 0 saturated carbocycles. The molecule has 1 heterocycles. The van der Waals surface area contributed by atoms with Crippen LogP contribution in [0.3, 0.4) is 0 Å². The van der Waals surface area contributed by atoms with Gasteiger partial charge in [0.25, 0.3) is 0 Å². The van der Waals surface area contributed by atoms with Gasteiger partial charge in [0.15, 0.2) is 0 Å². The standard InChI is InChI=1S/C25H24N2O6/c1-2-7-21(23(28)26-22-14-32-12-20(22)24(29)30)27-25(31)33-13-19-17-10-5-3-8-15(17)16-9-4-6-11-18(16)19/h1,3-6,8-11,19-22H,7,12-14H2,(H,26,28)(H,27,31)(H,29,30). The number of fused-ring (bicyclic) bond motifs is 3. The summed E-state index contributed by atoms with van der Waals surface area (Å²) in [5.41, 5.74) is 4.37. The number of carbonyl (C=O) groups is 3. The van der Waals surface area contributed by atoms with E-state index in [9.17, 15) is 19.5 Å². The molecular formula is C25H24N2O6. The van der Waals surface area contributed by atoms with Gasteiger partial charge in [-0.05, 0) is 22.3 Å². The molecular weight excluding hydrogens is 424 g/mol. The fraction of sp³-hybridized carbons (Fsp3) is 0.320. The van der Waals surface area contributed by atoms with Gasteiger partial charge >= 0.3 is 12.1 Å². The Morgan fingerprint density at radius 3 is 2.33 bits per heavy atom. The minimum Gasteiger partial charge on any atom is -0.481 e. The van der Waals surface area contributed by atoms with E-state index in [0.29, 0.717) is 0 Å². The number of rotatable bonds is 7. The van der Waals surface area contributed by atoms with Crippen molar-refractivity contribution in [1.82, 2.24) is 10.6 Å². The zero-order valence-electron chi connectivity index (χ0n) is 17.8. The number of carboxylic acids is 1. The van der Waals surface area contributed by atoms with Crippen LogP contribution >= 0.6 is 0 Å². The molecule has 8 nitrogen and oxygen atoms in total. The van der Waals surface area contributed by atoms with E-state index in [2.05, 4.69) is 16.6 Å². The zero-order valence-corrected chi connectivity index (χ0v) is 17.8. The Kier molecular flexibility index (Phi) is 6.61. The van der Waals surface area contributed by atoms with Gasteiger partial charge in [-0.3, -0.25) is 9.59 Å². The van der Waals surface area contributed by atoms with E-state index < -0.39 is 36.0 Å². The third kappa shape index (κ3) is 4.69. The number of ether oxygens (including phenoxy) is 2. The maximum absolute atomic E-state index is 12.7. The van der Waals surface area contributed by atoms with Crippen molar-refractivity contribution in [3.05, 3.63) is 59.7 Å². The Morgan fingerprint density at radius 1 is 1.09 bits per heavy atom. The van der Waals surface area contributed by atoms with Gasteiger partial charge < -0.3 is 25.2 Å². The number of nitrogens with one attached hydrogen (secondary N) is 2. The molecule has 3 N–H and O–H groups in total. The lowest BCUT2D eigenvalue weighted by molar-refractivity contribution is -0.142. The number of hydrogen-bond acceptors (Lipinski definition) is 5. The summed E-state index contributed by atoms with van der Waals surface area (Å²) in [6.07, 6.45) is 4.52. The Hall–Kier alpha value is -3.83. The summed E-state index contributed by atoms with van der Waals surface area (Å²) in [6.45, 7) is 0.193. The molecule has 1 fully saturated rings. The molecule has 1 saturated heterocycles. The molecule has 1 aliphatic heterocycles. The van der Waals surface area contributed by atoms with E-state index in [-0.39, 0.29) is 32.2 Å². The van der Waals surface area contributed by atoms with Crippen molar-refractivity contribution in [3.8, 4) is 23.5 Å². The van der Waals surface area contributed by atoms with Gasteiger partial charge in [-0.15, -0.1) is 12.3 Å². The first-order valence-electron chi connectivity index (χ1n) is 10.7. The number of aliphatic carboxylic acids is 1. The molecule has 3 unspecified atom stereocenters. The third-order valence-electron chi connectivity index (χ3n) is 6.00. The van der Waals surface area contributed by atoms with Crippen molar-refractivity contribution in [1.29, 1.82) is 0 Å². The normalized spacial score (nSPS) is 19.6. The van der Waals surface area contributed by atoms with Crippen LogP contribution in [0.4, 0.5) is 4.79 Å². The Morgan fingerprint density at radius 2 is 1.73 bits per heavy atom. The van der Waals surface area contributed by atoms with Crippen molar-refractivity contribution in [2.45, 2.75) is 24.4 Å². The number of carboxylic acid groups (broad SMARTS) is 1. The molecule has 2 aromatic carbocycles. The summed E-state index contributed by atoms with van der Waals surface area (Å²) in [5, 5.41) is 14.4. The van der Waals surface area contributed by atoms with Crippen LogP contribution in [0.5, 0.6) is 0 Å². The van der Waals surface area contributed by atoms with Crippen LogP contribution in [-0.2, 0) is 19.1 Å². The number of carbonyl (C=O) groups excluding carboxylic acids is 2. The van der Waals surface area contributed by atoms with Crippen molar-refractivity contribution in [2.24, 2.45) is 5.92 Å². The summed E-state index contributed by atoms with van der Waals surface area (Å²) >= 11 is 0. The predicted molar refractivity (Wildman–Crippen MR) is 119 cm³/mol. The minimum atomic E-state index is -1.06. The lowest BCUT2D eigenvalue weighted by Gasteiger charge is -2.21. The van der Waals surface area contributed by atoms with Gasteiger partial charge in [-0.1, -0.05) is 48.5 Å². The number of hydrogen-bond donors (Lipinski definition) is 3. The van der Waals surface area contributed by atoms with Crippen LogP contribution in [0.15, 0.2) is 48.5 Å². The molecule has 170 valence electrons. The van der Waals surface area contributed by atoms with Crippen molar-refractivity contribution >= 4 is 18.0 Å². The molecule has 2 aliphatic rings. The van der Waals surface area contributed by atoms with E-state index in [0.717, 1.165) is 22.3 Å². The number of terminal acetylenes is 1. The molecule has 0 spiro atoms. The second-order valence-electron chi connectivity index (χ2n) is 8.03. The van der Waals surface area contributed by atoms with Crippen LogP contribution in [0.25, 0.3) is 11.1 Å². The van der Waals surface area contributed by atoms with Gasteiger partial charge in [0.1, 0.15) is 18.6 Å². The van der Waals surface area contributed by atoms with Gasteiger partial charge in [0.05, 0.1) is 19.3 Å². The first-order chi connectivity index (χ1) is 16.0. The van der Waals surface area contributed by atoms with Crippen LogP contribution in [0.2, 0.25) is 0 Å². The molecule has 8 heteroatoms. The highest BCUT2D eigenvalue weighted by atomic mass is 16.5. The Labute approximate surface area is 191 Å². The average Bonchev–Trinajstić information content (AvgIpc) is 3.40. The van der Waals surface area contributed by atoms with E-state index in [1.54, 1.807) is 0 Å². The Bertz CT molecular complexity index is 1060. The van der Waals surface area contributed by atoms with Crippen LogP contribution in [0, 0.1) is 18.3 Å². The fourth-order valence-corrected chi connectivity index (χ4v) is 4.33. The van der Waals surface area contributed by atoms with Gasteiger partial charge in [0, 0.05) is 12.3 Å². The predicted octanol–water partition coefficient (Wildman–Crippen LogP) is 2.13. The summed E-state index contributed by atoms with van der Waals surface area (Å²) in [7, 11) is 0. The SMILES string of the molecule is C#CCC(NC(=O)OCC1c2ccccc2-c2ccccc21)C(=O)NC1COCC1C(=O)O. The second kappa shape index (κ2) is 9.76. The van der Waals surface area contributed by atoms with Crippen molar-refractivity contribution in [3.63, 3.8) is 0 Å². The number of amides is 2. The van der Waals surface area contributed by atoms with E-state index in [1.807, 2.05) is 48.5 Å². The molecule has 0 aromatic heterocycles. The number of alkyl carbamates (subject to hydrolysis) is 1. The first kappa shape index (κ1) is 22.4. The fourth-order valence-electron chi connectivity index (χ4n) is 4.33. The third-order valence-corrected chi connectivity index (χ3v) is 6.00. The highest BCUT2D eigenvalue weighted by Crippen LogP contribution is 2.44. The topological polar surface area (TPSA) is 114 Å². The van der Waals surface area contributed by atoms with Crippen molar-refractivity contribution in [2.75, 3.05) is 19.8 Å². The summed E-state index contributed by atoms with van der Waals surface area (Å²) in [6, 6.07) is 14.2. The smallest absolute Gasteiger partial charge is 0.407 e. The molecule has 0 bridgehead atoms. The van der Waals surface area contributed by atoms with Gasteiger partial charge in [0.2, 0.25) is 5.91 Å². The molecule has 1 aliphatic carbocycles. The summed E-state index contributed by atoms with van der Waals surface area (Å²) in [5.74, 6) is -0.250. The minimum absolute atomic E-state index is 0.0138. The van der Waals surface area contributed by atoms with E-state index in [1.165, 1.54) is 0 Å². The maximum atomic E-state index is 12.7.